The Morgan fingerprint density at radius 1 is 0.780 bits per heavy atom. The second kappa shape index (κ2) is 11.2. The second-order valence-electron chi connectivity index (χ2n) is 9.64. The minimum absolute atomic E-state index is 0.640. The molecule has 0 fully saturated rings. The number of aromatic nitrogens is 2. The first-order chi connectivity index (χ1) is 20.2. The van der Waals surface area contributed by atoms with Crippen molar-refractivity contribution >= 4 is 40.1 Å². The van der Waals surface area contributed by atoms with Crippen molar-refractivity contribution in [1.82, 2.24) is 9.55 Å². The maximum absolute atomic E-state index is 9.12. The van der Waals surface area contributed by atoms with Gasteiger partial charge in [-0.25, -0.2) is 4.98 Å². The van der Waals surface area contributed by atoms with E-state index in [1.54, 1.807) is 0 Å². The number of fused-ring (bicyclic) bond motifs is 1. The quantitative estimate of drug-likeness (QED) is 0.207. The maximum atomic E-state index is 9.12. The van der Waals surface area contributed by atoms with Gasteiger partial charge in [-0.2, -0.15) is 5.26 Å². The van der Waals surface area contributed by atoms with Crippen LogP contribution < -0.4 is 4.90 Å². The van der Waals surface area contributed by atoms with E-state index in [1.165, 1.54) is 0 Å². The monoisotopic (exact) mass is 528 g/mol. The fourth-order valence-corrected chi connectivity index (χ4v) is 5.28. The van der Waals surface area contributed by atoms with Gasteiger partial charge in [0.05, 0.1) is 22.8 Å². The number of pyridine rings is 1. The Balaban J connectivity index is 1.50. The Labute approximate surface area is 240 Å². The highest BCUT2D eigenvalue weighted by molar-refractivity contribution is 5.98. The summed E-state index contributed by atoms with van der Waals surface area (Å²) in [6, 6.07) is 41.3. The van der Waals surface area contributed by atoms with Crippen LogP contribution in [-0.4, -0.2) is 9.55 Å². The summed E-state index contributed by atoms with van der Waals surface area (Å²) in [7, 11) is 0. The molecular formula is C37H28N4. The van der Waals surface area contributed by atoms with Crippen LogP contribution in [0.3, 0.4) is 0 Å². The minimum atomic E-state index is 0.640. The van der Waals surface area contributed by atoms with Crippen LogP contribution in [0.2, 0.25) is 0 Å². The zero-order valence-corrected chi connectivity index (χ0v) is 22.8. The van der Waals surface area contributed by atoms with E-state index in [0.717, 1.165) is 56.2 Å². The number of hydrogen-bond donors (Lipinski definition) is 0. The second-order valence-corrected chi connectivity index (χ2v) is 9.64. The molecule has 0 unspecified atom stereocenters. The highest BCUT2D eigenvalue weighted by Gasteiger charge is 2.19. The third kappa shape index (κ3) is 4.82. The topological polar surface area (TPSA) is 44.9 Å². The molecule has 0 bridgehead atoms. The van der Waals surface area contributed by atoms with Crippen LogP contribution in [0.1, 0.15) is 23.7 Å². The third-order valence-corrected chi connectivity index (χ3v) is 7.17. The molecule has 0 spiro atoms. The van der Waals surface area contributed by atoms with Crippen LogP contribution in [0.5, 0.6) is 0 Å². The molecule has 0 amide bonds. The molecule has 0 aliphatic heterocycles. The summed E-state index contributed by atoms with van der Waals surface area (Å²) in [6.07, 6.45) is 7.98. The van der Waals surface area contributed by atoms with Gasteiger partial charge in [0.25, 0.3) is 0 Å². The van der Waals surface area contributed by atoms with Crippen LogP contribution >= 0.6 is 0 Å². The number of nitrogens with zero attached hydrogens (tertiary/aromatic N) is 4. The lowest BCUT2D eigenvalue weighted by Gasteiger charge is -2.25. The van der Waals surface area contributed by atoms with Crippen LogP contribution in [0.15, 0.2) is 134 Å². The number of nitriles is 1. The van der Waals surface area contributed by atoms with Gasteiger partial charge in [-0.3, -0.25) is 4.57 Å². The average molecular weight is 529 g/mol. The van der Waals surface area contributed by atoms with Crippen LogP contribution in [0.4, 0.5) is 17.1 Å². The fraction of sp³-hybridized carbons (Fsp3) is 0.0270. The minimum Gasteiger partial charge on any atom is -0.310 e. The lowest BCUT2D eigenvalue weighted by atomic mass is 10.1. The van der Waals surface area contributed by atoms with Crippen molar-refractivity contribution in [3.05, 3.63) is 151 Å². The standard InChI is InChI=1S/C37H28N4/c1-3-11-33-34-24-32(40(30-12-7-5-8-13-30)31-14-9-6-10-15-31)21-22-36(34)41(35(33)4-2)37-23-20-29(26-39-37)28-18-16-27(25-38)17-19-28/h3-24,26H,2H2,1H3/b11-3-. The van der Waals surface area contributed by atoms with Crippen molar-refractivity contribution in [3.8, 4) is 23.0 Å². The number of rotatable bonds is 7. The molecule has 2 aromatic heterocycles. The van der Waals surface area contributed by atoms with Crippen molar-refractivity contribution in [2.45, 2.75) is 6.92 Å². The molecule has 0 radical (unpaired) electrons. The van der Waals surface area contributed by atoms with Crippen LogP contribution in [-0.2, 0) is 0 Å². The molecule has 0 saturated heterocycles. The van der Waals surface area contributed by atoms with Gasteiger partial charge in [0.2, 0.25) is 0 Å². The summed E-state index contributed by atoms with van der Waals surface area (Å²) < 4.78 is 2.17. The Morgan fingerprint density at radius 3 is 2.00 bits per heavy atom. The van der Waals surface area contributed by atoms with E-state index in [9.17, 15) is 0 Å². The van der Waals surface area contributed by atoms with Crippen LogP contribution in [0.25, 0.3) is 40.0 Å². The van der Waals surface area contributed by atoms with E-state index < -0.39 is 0 Å². The lowest BCUT2D eigenvalue weighted by Crippen LogP contribution is -2.09. The summed E-state index contributed by atoms with van der Waals surface area (Å²) in [4.78, 5) is 7.14. The Morgan fingerprint density at radius 2 is 1.44 bits per heavy atom. The molecule has 4 heteroatoms. The molecule has 4 aromatic carbocycles. The fourth-order valence-electron chi connectivity index (χ4n) is 5.28. The molecule has 0 aliphatic carbocycles. The molecule has 196 valence electrons. The van der Waals surface area contributed by atoms with Gasteiger partial charge in [-0.05, 0) is 85.3 Å². The molecule has 6 rings (SSSR count). The first-order valence-corrected chi connectivity index (χ1v) is 13.5. The number of benzene rings is 4. The number of allylic oxidation sites excluding steroid dienone is 1. The lowest BCUT2D eigenvalue weighted by molar-refractivity contribution is 1.03. The summed E-state index contributed by atoms with van der Waals surface area (Å²) in [5.74, 6) is 0.814. The predicted molar refractivity (Wildman–Crippen MR) is 171 cm³/mol. The Kier molecular flexibility index (Phi) is 7.01. The summed E-state index contributed by atoms with van der Waals surface area (Å²) in [6.45, 7) is 6.20. The molecule has 0 N–H and O–H groups in total. The van der Waals surface area contributed by atoms with E-state index in [0.29, 0.717) is 5.56 Å². The van der Waals surface area contributed by atoms with Gasteiger partial charge in [-0.15, -0.1) is 0 Å². The van der Waals surface area contributed by atoms with Crippen LogP contribution in [0, 0.1) is 11.3 Å². The molecule has 4 nitrogen and oxygen atoms in total. The zero-order chi connectivity index (χ0) is 28.2. The molecule has 6 aromatic rings. The van der Waals surface area contributed by atoms with E-state index in [-0.39, 0.29) is 0 Å². The highest BCUT2D eigenvalue weighted by atomic mass is 15.1. The van der Waals surface area contributed by atoms with Gasteiger partial charge >= 0.3 is 0 Å². The molecule has 41 heavy (non-hydrogen) atoms. The van der Waals surface area contributed by atoms with Gasteiger partial charge in [-0.1, -0.05) is 67.3 Å². The summed E-state index contributed by atoms with van der Waals surface area (Å²) >= 11 is 0. The van der Waals surface area contributed by atoms with Crippen molar-refractivity contribution in [2.24, 2.45) is 0 Å². The van der Waals surface area contributed by atoms with Crippen molar-refractivity contribution in [3.63, 3.8) is 0 Å². The first kappa shape index (κ1) is 25.6. The van der Waals surface area contributed by atoms with Gasteiger partial charge in [0.1, 0.15) is 5.82 Å². The van der Waals surface area contributed by atoms with E-state index in [1.807, 2.05) is 61.7 Å². The highest BCUT2D eigenvalue weighted by Crippen LogP contribution is 2.39. The van der Waals surface area contributed by atoms with Crippen molar-refractivity contribution in [1.29, 1.82) is 5.26 Å². The third-order valence-electron chi connectivity index (χ3n) is 7.17. The van der Waals surface area contributed by atoms with E-state index >= 15 is 0 Å². The molecule has 0 atom stereocenters. The van der Waals surface area contributed by atoms with Gasteiger partial charge in [0, 0.05) is 39.8 Å². The molecule has 0 aliphatic rings. The molecule has 0 saturated carbocycles. The summed E-state index contributed by atoms with van der Waals surface area (Å²) in [5, 5.41) is 10.2. The SMILES string of the molecule is C=Cc1c(/C=C\C)c2cc(N(c3ccccc3)c3ccccc3)ccc2n1-c1ccc(-c2ccc(C#N)cc2)cn1. The number of anilines is 3. The predicted octanol–water partition coefficient (Wildman–Crippen LogP) is 9.71. The molecule has 2 heterocycles. The Bertz CT molecular complexity index is 1850. The normalized spacial score (nSPS) is 11.0. The van der Waals surface area contributed by atoms with Gasteiger partial charge < -0.3 is 4.90 Å². The number of para-hydroxylation sites is 2. The van der Waals surface area contributed by atoms with Gasteiger partial charge in [0.15, 0.2) is 0 Å². The average Bonchev–Trinajstić information content (AvgIpc) is 3.35. The largest absolute Gasteiger partial charge is 0.310 e. The number of hydrogen-bond acceptors (Lipinski definition) is 3. The van der Waals surface area contributed by atoms with E-state index in [2.05, 4.69) is 107 Å². The molecular weight excluding hydrogens is 500 g/mol. The van der Waals surface area contributed by atoms with Crippen molar-refractivity contribution < 1.29 is 0 Å². The van der Waals surface area contributed by atoms with Crippen molar-refractivity contribution in [2.75, 3.05) is 4.90 Å². The zero-order valence-electron chi connectivity index (χ0n) is 22.8. The summed E-state index contributed by atoms with van der Waals surface area (Å²) in [5.41, 5.74) is 9.04. The smallest absolute Gasteiger partial charge is 0.137 e. The maximum Gasteiger partial charge on any atom is 0.137 e. The first-order valence-electron chi connectivity index (χ1n) is 13.5. The Hall–Kier alpha value is -5.66. The van der Waals surface area contributed by atoms with E-state index in [4.69, 9.17) is 10.2 Å².